The van der Waals surface area contributed by atoms with Gasteiger partial charge in [0.1, 0.15) is 0 Å². The normalized spacial score (nSPS) is 11.4. The van der Waals surface area contributed by atoms with Gasteiger partial charge in [-0.15, -0.1) is 11.3 Å². The average Bonchev–Trinajstić information content (AvgIpc) is 3.15. The molecular weight excluding hydrogens is 386 g/mol. The molecule has 0 saturated heterocycles. The molecule has 2 aromatic rings. The van der Waals surface area contributed by atoms with Crippen molar-refractivity contribution in [2.75, 3.05) is 19.4 Å². The van der Waals surface area contributed by atoms with Crippen LogP contribution >= 0.6 is 11.3 Å². The number of hydrogen-bond acceptors (Lipinski definition) is 6. The SMILES string of the molecule is CCS(=O)(=O)Oc1cc(CN(CC(C)C)C(=O)c2cccs2)ccc1OC. The number of thiophene rings is 1. The Hall–Kier alpha value is -2.06. The molecular formula is C19H25NO5S2. The molecule has 1 aromatic carbocycles. The lowest BCUT2D eigenvalue weighted by Gasteiger charge is -2.24. The van der Waals surface area contributed by atoms with E-state index in [0.717, 1.165) is 5.56 Å². The molecule has 0 N–H and O–H groups in total. The summed E-state index contributed by atoms with van der Waals surface area (Å²) in [7, 11) is -2.23. The number of ether oxygens (including phenoxy) is 1. The summed E-state index contributed by atoms with van der Waals surface area (Å²) in [6.07, 6.45) is 0. The van der Waals surface area contributed by atoms with Crippen LogP contribution < -0.4 is 8.92 Å². The summed E-state index contributed by atoms with van der Waals surface area (Å²) in [5.74, 6) is 0.568. The van der Waals surface area contributed by atoms with Gasteiger partial charge in [0.15, 0.2) is 11.5 Å². The molecule has 0 aliphatic heterocycles. The zero-order valence-electron chi connectivity index (χ0n) is 16.0. The standard InChI is InChI=1S/C19H25NO5S2/c1-5-27(22,23)25-17-11-15(8-9-16(17)24-4)13-20(12-14(2)3)19(21)18-7-6-10-26-18/h6-11,14H,5,12-13H2,1-4H3. The monoisotopic (exact) mass is 411 g/mol. The van der Waals surface area contributed by atoms with Gasteiger partial charge in [-0.25, -0.2) is 0 Å². The number of nitrogens with zero attached hydrogens (tertiary/aromatic N) is 1. The van der Waals surface area contributed by atoms with Crippen LogP contribution in [-0.2, 0) is 16.7 Å². The van der Waals surface area contributed by atoms with Crippen molar-refractivity contribution in [1.29, 1.82) is 0 Å². The van der Waals surface area contributed by atoms with Crippen molar-refractivity contribution >= 4 is 27.4 Å². The van der Waals surface area contributed by atoms with Gasteiger partial charge in [0, 0.05) is 13.1 Å². The molecule has 0 saturated carbocycles. The minimum atomic E-state index is -3.68. The van der Waals surface area contributed by atoms with Gasteiger partial charge in [-0.05, 0) is 42.0 Å². The third-order valence-corrected chi connectivity index (χ3v) is 5.77. The topological polar surface area (TPSA) is 72.9 Å². The van der Waals surface area contributed by atoms with Gasteiger partial charge in [-0.1, -0.05) is 26.0 Å². The Kier molecular flexibility index (Phi) is 7.26. The molecule has 6 nitrogen and oxygen atoms in total. The van der Waals surface area contributed by atoms with E-state index in [1.165, 1.54) is 25.4 Å². The Bertz CT molecular complexity index is 860. The average molecular weight is 412 g/mol. The number of amides is 1. The van der Waals surface area contributed by atoms with Gasteiger partial charge in [0.05, 0.1) is 17.7 Å². The van der Waals surface area contributed by atoms with Crippen LogP contribution in [0.1, 0.15) is 36.0 Å². The van der Waals surface area contributed by atoms with Crippen LogP contribution in [0, 0.1) is 5.92 Å². The van der Waals surface area contributed by atoms with E-state index < -0.39 is 10.1 Å². The second-order valence-electron chi connectivity index (χ2n) is 6.47. The van der Waals surface area contributed by atoms with Gasteiger partial charge in [-0.3, -0.25) is 4.79 Å². The fourth-order valence-corrected chi connectivity index (χ4v) is 3.73. The Morgan fingerprint density at radius 1 is 1.22 bits per heavy atom. The van der Waals surface area contributed by atoms with Crippen molar-refractivity contribution in [2.45, 2.75) is 27.3 Å². The summed E-state index contributed by atoms with van der Waals surface area (Å²) in [6.45, 7) is 6.54. The van der Waals surface area contributed by atoms with E-state index in [-0.39, 0.29) is 17.4 Å². The predicted molar refractivity (Wildman–Crippen MR) is 107 cm³/mol. The molecule has 0 aliphatic rings. The fourth-order valence-electron chi connectivity index (χ4n) is 2.52. The van der Waals surface area contributed by atoms with Crippen molar-refractivity contribution in [1.82, 2.24) is 4.90 Å². The highest BCUT2D eigenvalue weighted by Gasteiger charge is 2.20. The molecule has 1 aromatic heterocycles. The largest absolute Gasteiger partial charge is 0.493 e. The second-order valence-corrected chi connectivity index (χ2v) is 9.28. The Morgan fingerprint density at radius 3 is 2.52 bits per heavy atom. The first-order valence-electron chi connectivity index (χ1n) is 8.67. The molecule has 0 unspecified atom stereocenters. The third-order valence-electron chi connectivity index (χ3n) is 3.78. The predicted octanol–water partition coefficient (Wildman–Crippen LogP) is 3.78. The van der Waals surface area contributed by atoms with Crippen molar-refractivity contribution in [3.8, 4) is 11.5 Å². The first-order valence-corrected chi connectivity index (χ1v) is 11.1. The van der Waals surface area contributed by atoms with Crippen LogP contribution in [0.2, 0.25) is 0 Å². The number of rotatable bonds is 9. The van der Waals surface area contributed by atoms with E-state index in [9.17, 15) is 13.2 Å². The number of carbonyl (C=O) groups excluding carboxylic acids is 1. The lowest BCUT2D eigenvalue weighted by atomic mass is 10.1. The molecule has 1 amide bonds. The highest BCUT2D eigenvalue weighted by Crippen LogP contribution is 2.30. The summed E-state index contributed by atoms with van der Waals surface area (Å²) in [4.78, 5) is 15.2. The number of hydrogen-bond donors (Lipinski definition) is 0. The summed E-state index contributed by atoms with van der Waals surface area (Å²) in [6, 6.07) is 8.72. The Labute approximate surface area is 164 Å². The number of benzene rings is 1. The summed E-state index contributed by atoms with van der Waals surface area (Å²) in [5.41, 5.74) is 0.766. The lowest BCUT2D eigenvalue weighted by molar-refractivity contribution is 0.0727. The summed E-state index contributed by atoms with van der Waals surface area (Å²) < 4.78 is 34.0. The minimum Gasteiger partial charge on any atom is -0.493 e. The second kappa shape index (κ2) is 9.23. The van der Waals surface area contributed by atoms with Gasteiger partial charge < -0.3 is 13.8 Å². The molecule has 8 heteroatoms. The zero-order valence-corrected chi connectivity index (χ0v) is 17.6. The van der Waals surface area contributed by atoms with E-state index in [0.29, 0.717) is 29.6 Å². The van der Waals surface area contributed by atoms with E-state index in [4.69, 9.17) is 8.92 Å². The van der Waals surface area contributed by atoms with Crippen LogP contribution in [0.15, 0.2) is 35.7 Å². The molecule has 1 heterocycles. The van der Waals surface area contributed by atoms with Crippen molar-refractivity contribution in [3.63, 3.8) is 0 Å². The maximum atomic E-state index is 12.8. The Balaban J connectivity index is 2.30. The van der Waals surface area contributed by atoms with Crippen molar-refractivity contribution < 1.29 is 22.1 Å². The van der Waals surface area contributed by atoms with Crippen LogP contribution in [0.3, 0.4) is 0 Å². The number of carbonyl (C=O) groups is 1. The molecule has 0 aliphatic carbocycles. The summed E-state index contributed by atoms with van der Waals surface area (Å²) in [5, 5.41) is 1.87. The molecule has 0 bridgehead atoms. The molecule has 148 valence electrons. The minimum absolute atomic E-state index is 0.0434. The smallest absolute Gasteiger partial charge is 0.309 e. The van der Waals surface area contributed by atoms with Gasteiger partial charge in [0.25, 0.3) is 5.91 Å². The van der Waals surface area contributed by atoms with Crippen LogP contribution in [0.5, 0.6) is 11.5 Å². The zero-order chi connectivity index (χ0) is 20.0. The maximum Gasteiger partial charge on any atom is 0.309 e. The van der Waals surface area contributed by atoms with Crippen molar-refractivity contribution in [3.05, 3.63) is 46.2 Å². The molecule has 0 radical (unpaired) electrons. The van der Waals surface area contributed by atoms with Crippen molar-refractivity contribution in [2.24, 2.45) is 5.92 Å². The fraction of sp³-hybridized carbons (Fsp3) is 0.421. The summed E-state index contributed by atoms with van der Waals surface area (Å²) >= 11 is 1.40. The quantitative estimate of drug-likeness (QED) is 0.587. The van der Waals surface area contributed by atoms with Crippen LogP contribution in [0.4, 0.5) is 0 Å². The van der Waals surface area contributed by atoms with Crippen LogP contribution in [0.25, 0.3) is 0 Å². The first kappa shape index (κ1) is 21.2. The van der Waals surface area contributed by atoms with E-state index in [1.807, 2.05) is 25.3 Å². The first-order chi connectivity index (χ1) is 12.8. The lowest BCUT2D eigenvalue weighted by Crippen LogP contribution is -2.33. The number of methoxy groups -OCH3 is 1. The van der Waals surface area contributed by atoms with Gasteiger partial charge in [0.2, 0.25) is 0 Å². The van der Waals surface area contributed by atoms with E-state index >= 15 is 0 Å². The highest BCUT2D eigenvalue weighted by molar-refractivity contribution is 7.87. The molecule has 0 spiro atoms. The van der Waals surface area contributed by atoms with E-state index in [1.54, 1.807) is 29.2 Å². The highest BCUT2D eigenvalue weighted by atomic mass is 32.2. The van der Waals surface area contributed by atoms with Gasteiger partial charge >= 0.3 is 10.1 Å². The molecule has 27 heavy (non-hydrogen) atoms. The maximum absolute atomic E-state index is 12.8. The molecule has 2 rings (SSSR count). The Morgan fingerprint density at radius 2 is 1.96 bits per heavy atom. The molecule has 0 atom stereocenters. The third kappa shape index (κ3) is 5.97. The van der Waals surface area contributed by atoms with Crippen LogP contribution in [-0.4, -0.2) is 38.6 Å². The van der Waals surface area contributed by atoms with E-state index in [2.05, 4.69) is 0 Å². The molecule has 0 fully saturated rings. The van der Waals surface area contributed by atoms with Gasteiger partial charge in [-0.2, -0.15) is 8.42 Å².